The Morgan fingerprint density at radius 3 is 2.47 bits per heavy atom. The third kappa shape index (κ3) is 4.20. The van der Waals surface area contributed by atoms with Gasteiger partial charge in [-0.25, -0.2) is 0 Å². The number of Topliss-reactive ketones (excluding diaryl/α,β-unsaturated/α-hetero) is 1. The molecule has 1 aliphatic carbocycles. The van der Waals surface area contributed by atoms with Crippen molar-refractivity contribution in [2.24, 2.45) is 5.41 Å². The fourth-order valence-corrected chi connectivity index (χ4v) is 2.17. The van der Waals surface area contributed by atoms with Crippen molar-refractivity contribution in [3.63, 3.8) is 0 Å². The molecule has 0 bridgehead atoms. The molecule has 0 unspecified atom stereocenters. The second-order valence-electron chi connectivity index (χ2n) is 6.14. The topological polar surface area (TPSA) is 26.3 Å². The highest BCUT2D eigenvalue weighted by atomic mass is 28.4. The molecular weight excluding hydrogens is 204 g/mol. The lowest BCUT2D eigenvalue weighted by molar-refractivity contribution is -0.117. The molecule has 0 aliphatic heterocycles. The summed E-state index contributed by atoms with van der Waals surface area (Å²) in [6, 6.07) is 0. The first-order chi connectivity index (χ1) is 6.70. The molecule has 0 N–H and O–H groups in total. The van der Waals surface area contributed by atoms with Crippen molar-refractivity contribution in [2.45, 2.75) is 52.8 Å². The van der Waals surface area contributed by atoms with Crippen molar-refractivity contribution in [1.82, 2.24) is 0 Å². The van der Waals surface area contributed by atoms with Gasteiger partial charge in [-0.3, -0.25) is 4.79 Å². The molecule has 15 heavy (non-hydrogen) atoms. The third-order valence-electron chi connectivity index (χ3n) is 2.61. The van der Waals surface area contributed by atoms with Crippen molar-refractivity contribution in [3.05, 3.63) is 11.8 Å². The number of carbonyl (C=O) groups is 1. The zero-order valence-corrected chi connectivity index (χ0v) is 11.5. The zero-order valence-electron chi connectivity index (χ0n) is 10.5. The molecule has 2 nitrogen and oxygen atoms in total. The number of ketones is 1. The molecule has 1 aliphatic rings. The van der Waals surface area contributed by atoms with Gasteiger partial charge in [-0.05, 0) is 37.9 Å². The van der Waals surface area contributed by atoms with Crippen LogP contribution in [0.2, 0.25) is 19.6 Å². The van der Waals surface area contributed by atoms with Crippen molar-refractivity contribution < 1.29 is 9.22 Å². The van der Waals surface area contributed by atoms with E-state index >= 15 is 0 Å². The van der Waals surface area contributed by atoms with E-state index < -0.39 is 8.32 Å². The van der Waals surface area contributed by atoms with Crippen molar-refractivity contribution in [1.29, 1.82) is 0 Å². The van der Waals surface area contributed by atoms with Gasteiger partial charge in [0.1, 0.15) is 0 Å². The molecule has 0 amide bonds. The van der Waals surface area contributed by atoms with Gasteiger partial charge in [0.15, 0.2) is 5.78 Å². The Labute approximate surface area is 93.8 Å². The van der Waals surface area contributed by atoms with E-state index in [2.05, 4.69) is 33.5 Å². The summed E-state index contributed by atoms with van der Waals surface area (Å²) in [5, 5.41) is 0. The lowest BCUT2D eigenvalue weighted by Gasteiger charge is -2.30. The summed E-state index contributed by atoms with van der Waals surface area (Å²) in [6.07, 6.45) is 4.26. The van der Waals surface area contributed by atoms with Gasteiger partial charge in [0, 0.05) is 12.0 Å². The maximum Gasteiger partial charge on any atom is 0.241 e. The summed E-state index contributed by atoms with van der Waals surface area (Å²) >= 11 is 0. The van der Waals surface area contributed by atoms with Crippen LogP contribution in [0.3, 0.4) is 0 Å². The molecule has 1 rings (SSSR count). The molecular formula is C12H22O2Si. The Bertz CT molecular complexity index is 284. The quantitative estimate of drug-likeness (QED) is 0.409. The highest BCUT2D eigenvalue weighted by molar-refractivity contribution is 6.69. The minimum Gasteiger partial charge on any atom is -0.549 e. The van der Waals surface area contributed by atoms with E-state index in [0.717, 1.165) is 18.4 Å². The maximum atomic E-state index is 11.7. The lowest BCUT2D eigenvalue weighted by atomic mass is 9.75. The minimum atomic E-state index is -1.55. The standard InChI is InChI=1S/C12H22O2Si/c1-12(2)7-6-11(13)10(8-12)9-14-15(3,4)5/h9H,6-8H2,1-5H3/b10-9+. The lowest BCUT2D eigenvalue weighted by Crippen LogP contribution is -2.26. The molecule has 0 saturated heterocycles. The zero-order chi connectivity index (χ0) is 11.7. The first-order valence-electron chi connectivity index (χ1n) is 5.60. The van der Waals surface area contributed by atoms with Gasteiger partial charge in [-0.15, -0.1) is 0 Å². The van der Waals surface area contributed by atoms with Gasteiger partial charge < -0.3 is 4.43 Å². The van der Waals surface area contributed by atoms with Crippen LogP contribution in [0, 0.1) is 5.41 Å². The van der Waals surface area contributed by atoms with Crippen LogP contribution >= 0.6 is 0 Å². The molecule has 0 aromatic carbocycles. The number of allylic oxidation sites excluding steroid dienone is 1. The van der Waals surface area contributed by atoms with E-state index in [-0.39, 0.29) is 11.2 Å². The summed E-state index contributed by atoms with van der Waals surface area (Å²) in [4.78, 5) is 11.7. The normalized spacial score (nSPS) is 24.3. The number of hydrogen-bond acceptors (Lipinski definition) is 2. The SMILES string of the molecule is CC1(C)CCC(=O)/C(=C/O[Si](C)(C)C)C1. The second kappa shape index (κ2) is 4.12. The van der Waals surface area contributed by atoms with Crippen molar-refractivity contribution in [2.75, 3.05) is 0 Å². The molecule has 3 heteroatoms. The summed E-state index contributed by atoms with van der Waals surface area (Å²) in [5.41, 5.74) is 1.14. The van der Waals surface area contributed by atoms with Crippen LogP contribution in [0.1, 0.15) is 33.1 Å². The monoisotopic (exact) mass is 226 g/mol. The van der Waals surface area contributed by atoms with Crippen LogP contribution in [0.15, 0.2) is 11.8 Å². The average molecular weight is 226 g/mol. The summed E-state index contributed by atoms with van der Waals surface area (Å²) in [7, 11) is -1.55. The van der Waals surface area contributed by atoms with Crippen molar-refractivity contribution >= 4 is 14.1 Å². The van der Waals surface area contributed by atoms with Gasteiger partial charge >= 0.3 is 0 Å². The van der Waals surface area contributed by atoms with Crippen molar-refractivity contribution in [3.8, 4) is 0 Å². The molecule has 0 aromatic rings. The molecule has 86 valence electrons. The molecule has 1 fully saturated rings. The third-order valence-corrected chi connectivity index (χ3v) is 3.44. The van der Waals surface area contributed by atoms with Crippen LogP contribution in [0.4, 0.5) is 0 Å². The van der Waals surface area contributed by atoms with Gasteiger partial charge in [0.05, 0.1) is 6.26 Å². The first-order valence-corrected chi connectivity index (χ1v) is 9.01. The Morgan fingerprint density at radius 1 is 1.33 bits per heavy atom. The average Bonchev–Trinajstić information content (AvgIpc) is 2.05. The number of hydrogen-bond donors (Lipinski definition) is 0. The molecule has 0 aromatic heterocycles. The maximum absolute atomic E-state index is 11.7. The predicted molar refractivity (Wildman–Crippen MR) is 65.2 cm³/mol. The molecule has 0 heterocycles. The molecule has 1 saturated carbocycles. The van der Waals surface area contributed by atoms with Gasteiger partial charge in [-0.1, -0.05) is 13.8 Å². The Morgan fingerprint density at radius 2 is 1.93 bits per heavy atom. The summed E-state index contributed by atoms with van der Waals surface area (Å²) < 4.78 is 5.69. The van der Waals surface area contributed by atoms with E-state index in [1.807, 2.05) is 0 Å². The molecule has 0 atom stereocenters. The minimum absolute atomic E-state index is 0.253. The Balaban J connectivity index is 2.70. The van der Waals surface area contributed by atoms with E-state index in [4.69, 9.17) is 4.43 Å². The van der Waals surface area contributed by atoms with Gasteiger partial charge in [0.2, 0.25) is 8.32 Å². The summed E-state index contributed by atoms with van der Waals surface area (Å²) in [6.45, 7) is 10.8. The van der Waals surface area contributed by atoms with E-state index in [9.17, 15) is 4.79 Å². The summed E-state index contributed by atoms with van der Waals surface area (Å²) in [5.74, 6) is 0.271. The smallest absolute Gasteiger partial charge is 0.241 e. The van der Waals surface area contributed by atoms with Crippen LogP contribution in [0.25, 0.3) is 0 Å². The highest BCUT2D eigenvalue weighted by Crippen LogP contribution is 2.36. The first kappa shape index (κ1) is 12.5. The Hall–Kier alpha value is -0.573. The van der Waals surface area contributed by atoms with E-state index in [1.165, 1.54) is 0 Å². The second-order valence-corrected chi connectivity index (χ2v) is 10.6. The van der Waals surface area contributed by atoms with E-state index in [1.54, 1.807) is 6.26 Å². The predicted octanol–water partition coefficient (Wildman–Crippen LogP) is 3.50. The molecule has 0 spiro atoms. The largest absolute Gasteiger partial charge is 0.549 e. The number of carbonyl (C=O) groups excluding carboxylic acids is 1. The van der Waals surface area contributed by atoms with Crippen LogP contribution < -0.4 is 0 Å². The van der Waals surface area contributed by atoms with Crippen LogP contribution in [0.5, 0.6) is 0 Å². The fourth-order valence-electron chi connectivity index (χ4n) is 1.67. The highest BCUT2D eigenvalue weighted by Gasteiger charge is 2.29. The fraction of sp³-hybridized carbons (Fsp3) is 0.750. The Kier molecular flexibility index (Phi) is 3.43. The van der Waals surface area contributed by atoms with Crippen LogP contribution in [-0.2, 0) is 9.22 Å². The molecule has 0 radical (unpaired) electrons. The van der Waals surface area contributed by atoms with Gasteiger partial charge in [-0.2, -0.15) is 0 Å². The van der Waals surface area contributed by atoms with Crippen LogP contribution in [-0.4, -0.2) is 14.1 Å². The van der Waals surface area contributed by atoms with E-state index in [0.29, 0.717) is 6.42 Å². The number of rotatable bonds is 2. The van der Waals surface area contributed by atoms with Gasteiger partial charge in [0.25, 0.3) is 0 Å².